The van der Waals surface area contributed by atoms with Crippen LogP contribution in [0.1, 0.15) is 24.5 Å². The number of oxazole rings is 1. The summed E-state index contributed by atoms with van der Waals surface area (Å²) in [5.74, 6) is 0.116. The average molecular weight is 253 g/mol. The molecule has 1 atom stereocenters. The molecule has 1 aromatic heterocycles. The molecule has 0 aliphatic carbocycles. The van der Waals surface area contributed by atoms with Crippen molar-refractivity contribution in [1.29, 1.82) is 0 Å². The summed E-state index contributed by atoms with van der Waals surface area (Å²) < 4.78 is 5.21. The van der Waals surface area contributed by atoms with Gasteiger partial charge in [0.25, 0.3) is 0 Å². The summed E-state index contributed by atoms with van der Waals surface area (Å²) in [6, 6.07) is -1.12. The molecule has 0 saturated carbocycles. The highest BCUT2D eigenvalue weighted by Gasteiger charge is 2.33. The number of aryl methyl sites for hydroxylation is 1. The fourth-order valence-corrected chi connectivity index (χ4v) is 2.00. The van der Waals surface area contributed by atoms with Crippen LogP contribution in [0.25, 0.3) is 0 Å². The van der Waals surface area contributed by atoms with E-state index < -0.39 is 18.0 Å². The van der Waals surface area contributed by atoms with Crippen LogP contribution in [0, 0.1) is 6.92 Å². The van der Waals surface area contributed by atoms with E-state index in [9.17, 15) is 9.59 Å². The molecule has 18 heavy (non-hydrogen) atoms. The van der Waals surface area contributed by atoms with E-state index in [4.69, 9.17) is 9.52 Å². The van der Waals surface area contributed by atoms with E-state index in [0.29, 0.717) is 31.0 Å². The highest BCUT2D eigenvalue weighted by Crippen LogP contribution is 2.17. The van der Waals surface area contributed by atoms with E-state index in [0.717, 1.165) is 0 Å². The number of urea groups is 1. The van der Waals surface area contributed by atoms with Gasteiger partial charge >= 0.3 is 12.0 Å². The summed E-state index contributed by atoms with van der Waals surface area (Å²) in [7, 11) is 0. The summed E-state index contributed by atoms with van der Waals surface area (Å²) in [5.41, 5.74) is 0. The van der Waals surface area contributed by atoms with Crippen LogP contribution in [-0.4, -0.2) is 39.6 Å². The minimum Gasteiger partial charge on any atom is -0.480 e. The van der Waals surface area contributed by atoms with Crippen molar-refractivity contribution >= 4 is 12.0 Å². The van der Waals surface area contributed by atoms with Crippen LogP contribution in [-0.2, 0) is 11.3 Å². The van der Waals surface area contributed by atoms with Gasteiger partial charge in [0, 0.05) is 6.54 Å². The highest BCUT2D eigenvalue weighted by atomic mass is 16.4. The number of nitrogens with zero attached hydrogens (tertiary/aromatic N) is 2. The first kappa shape index (κ1) is 12.4. The van der Waals surface area contributed by atoms with Gasteiger partial charge in [-0.05, 0) is 19.8 Å². The lowest BCUT2D eigenvalue weighted by molar-refractivity contribution is -0.141. The first-order chi connectivity index (χ1) is 8.58. The lowest BCUT2D eigenvalue weighted by Crippen LogP contribution is -2.45. The van der Waals surface area contributed by atoms with Crippen molar-refractivity contribution in [3.8, 4) is 0 Å². The minimum absolute atomic E-state index is 0.162. The number of likely N-dealkylation sites (tertiary alicyclic amines) is 1. The molecule has 7 nitrogen and oxygen atoms in total. The lowest BCUT2D eigenvalue weighted by Gasteiger charge is -2.21. The van der Waals surface area contributed by atoms with Crippen LogP contribution < -0.4 is 5.32 Å². The molecule has 1 aromatic rings. The third-order valence-electron chi connectivity index (χ3n) is 2.86. The van der Waals surface area contributed by atoms with Gasteiger partial charge in [0.1, 0.15) is 11.8 Å². The first-order valence-electron chi connectivity index (χ1n) is 5.76. The molecular weight excluding hydrogens is 238 g/mol. The third kappa shape index (κ3) is 2.61. The Hall–Kier alpha value is -2.05. The monoisotopic (exact) mass is 253 g/mol. The molecule has 2 rings (SSSR count). The van der Waals surface area contributed by atoms with Crippen molar-refractivity contribution in [2.75, 3.05) is 6.54 Å². The highest BCUT2D eigenvalue weighted by molar-refractivity contribution is 5.83. The molecule has 0 spiro atoms. The first-order valence-corrected chi connectivity index (χ1v) is 5.76. The molecule has 98 valence electrons. The van der Waals surface area contributed by atoms with E-state index in [2.05, 4.69) is 10.3 Å². The number of nitrogens with one attached hydrogen (secondary N) is 1. The smallest absolute Gasteiger partial charge is 0.326 e. The Morgan fingerprint density at radius 1 is 1.67 bits per heavy atom. The predicted molar refractivity (Wildman–Crippen MR) is 60.8 cm³/mol. The maximum atomic E-state index is 11.8. The van der Waals surface area contributed by atoms with Gasteiger partial charge in [-0.1, -0.05) is 0 Å². The van der Waals surface area contributed by atoms with Crippen molar-refractivity contribution in [2.24, 2.45) is 0 Å². The third-order valence-corrected chi connectivity index (χ3v) is 2.86. The fourth-order valence-electron chi connectivity index (χ4n) is 2.00. The van der Waals surface area contributed by atoms with Gasteiger partial charge in [-0.25, -0.2) is 14.6 Å². The lowest BCUT2D eigenvalue weighted by atomic mass is 10.2. The maximum Gasteiger partial charge on any atom is 0.326 e. The Morgan fingerprint density at radius 3 is 3.06 bits per heavy atom. The number of amides is 2. The Balaban J connectivity index is 1.89. The topological polar surface area (TPSA) is 95.7 Å². The number of aromatic nitrogens is 1. The zero-order valence-corrected chi connectivity index (χ0v) is 10.0. The van der Waals surface area contributed by atoms with Gasteiger partial charge in [-0.15, -0.1) is 0 Å². The number of hydrogen-bond acceptors (Lipinski definition) is 4. The van der Waals surface area contributed by atoms with Crippen LogP contribution in [0.5, 0.6) is 0 Å². The van der Waals surface area contributed by atoms with Crippen LogP contribution >= 0.6 is 0 Å². The van der Waals surface area contributed by atoms with Crippen LogP contribution in [0.15, 0.2) is 10.6 Å². The van der Waals surface area contributed by atoms with Crippen LogP contribution in [0.3, 0.4) is 0 Å². The van der Waals surface area contributed by atoms with Gasteiger partial charge in [-0.3, -0.25) is 0 Å². The number of rotatable bonds is 3. The number of hydrogen-bond donors (Lipinski definition) is 2. The van der Waals surface area contributed by atoms with Gasteiger partial charge in [-0.2, -0.15) is 0 Å². The molecular formula is C11H15N3O4. The Kier molecular flexibility index (Phi) is 3.50. The van der Waals surface area contributed by atoms with Gasteiger partial charge in [0.05, 0.1) is 12.7 Å². The molecule has 7 heteroatoms. The SMILES string of the molecule is Cc1cnc(CNC(=O)N2CCC[C@H]2C(=O)O)o1. The zero-order chi connectivity index (χ0) is 13.1. The van der Waals surface area contributed by atoms with Crippen molar-refractivity contribution in [2.45, 2.75) is 32.4 Å². The molecule has 2 heterocycles. The predicted octanol–water partition coefficient (Wildman–Crippen LogP) is 0.742. The van der Waals surface area contributed by atoms with Gasteiger partial charge < -0.3 is 19.7 Å². The second kappa shape index (κ2) is 5.07. The number of carboxylic acid groups (broad SMARTS) is 1. The molecule has 0 radical (unpaired) electrons. The molecule has 1 aliphatic rings. The van der Waals surface area contributed by atoms with E-state index in [1.807, 2.05) is 0 Å². The average Bonchev–Trinajstić information content (AvgIpc) is 2.94. The Morgan fingerprint density at radius 2 is 2.44 bits per heavy atom. The second-order valence-corrected chi connectivity index (χ2v) is 4.21. The Bertz CT molecular complexity index is 457. The minimum atomic E-state index is -0.963. The zero-order valence-electron chi connectivity index (χ0n) is 10.0. The molecule has 2 N–H and O–H groups in total. The number of carbonyl (C=O) groups excluding carboxylic acids is 1. The van der Waals surface area contributed by atoms with Crippen LogP contribution in [0.2, 0.25) is 0 Å². The van der Waals surface area contributed by atoms with E-state index >= 15 is 0 Å². The largest absolute Gasteiger partial charge is 0.480 e. The van der Waals surface area contributed by atoms with Gasteiger partial charge in [0.15, 0.2) is 0 Å². The molecule has 0 unspecified atom stereocenters. The maximum absolute atomic E-state index is 11.8. The van der Waals surface area contributed by atoms with E-state index in [-0.39, 0.29) is 6.54 Å². The normalized spacial score (nSPS) is 18.9. The fraction of sp³-hybridized carbons (Fsp3) is 0.545. The number of carboxylic acids is 1. The summed E-state index contributed by atoms with van der Waals surface area (Å²) in [5, 5.41) is 11.6. The standard InChI is InChI=1S/C11H15N3O4/c1-7-5-12-9(18-7)6-13-11(17)14-4-2-3-8(14)10(15)16/h5,8H,2-4,6H2,1H3,(H,13,17)(H,15,16)/t8-/m0/s1. The quantitative estimate of drug-likeness (QED) is 0.828. The molecule has 0 aromatic carbocycles. The number of carbonyl (C=O) groups is 2. The van der Waals surface area contributed by atoms with Gasteiger partial charge in [0.2, 0.25) is 5.89 Å². The Labute approximate surface area is 104 Å². The summed E-state index contributed by atoms with van der Waals surface area (Å²) >= 11 is 0. The van der Waals surface area contributed by atoms with Crippen molar-refractivity contribution < 1.29 is 19.1 Å². The molecule has 2 amide bonds. The second-order valence-electron chi connectivity index (χ2n) is 4.21. The molecule has 1 aliphatic heterocycles. The summed E-state index contributed by atoms with van der Waals surface area (Å²) in [6.45, 7) is 2.39. The van der Waals surface area contributed by atoms with E-state index in [1.165, 1.54) is 4.90 Å². The van der Waals surface area contributed by atoms with Crippen molar-refractivity contribution in [3.63, 3.8) is 0 Å². The summed E-state index contributed by atoms with van der Waals surface area (Å²) in [4.78, 5) is 28.0. The number of aliphatic carboxylic acids is 1. The van der Waals surface area contributed by atoms with Crippen LogP contribution in [0.4, 0.5) is 4.79 Å². The van der Waals surface area contributed by atoms with E-state index in [1.54, 1.807) is 13.1 Å². The summed E-state index contributed by atoms with van der Waals surface area (Å²) in [6.07, 6.45) is 2.78. The molecule has 1 saturated heterocycles. The van der Waals surface area contributed by atoms with Crippen molar-refractivity contribution in [3.05, 3.63) is 17.8 Å². The van der Waals surface area contributed by atoms with Crippen molar-refractivity contribution in [1.82, 2.24) is 15.2 Å². The molecule has 1 fully saturated rings. The molecule has 0 bridgehead atoms.